The largest absolute Gasteiger partial charge is 0.442 e. The number of halogens is 1. The molecule has 1 aromatic rings. The lowest BCUT2D eigenvalue weighted by Gasteiger charge is -2.23. The number of sulfonamides is 1. The number of amides is 2. The fourth-order valence-electron chi connectivity index (χ4n) is 3.15. The topological polar surface area (TPSA) is 108 Å². The van der Waals surface area contributed by atoms with Gasteiger partial charge in [0.15, 0.2) is 0 Å². The number of nitrogens with zero attached hydrogens (tertiary/aromatic N) is 3. The fourth-order valence-corrected chi connectivity index (χ4v) is 3.83. The summed E-state index contributed by atoms with van der Waals surface area (Å²) in [5.74, 6) is -0.779. The monoisotopic (exact) mass is 430 g/mol. The molecule has 0 spiro atoms. The first kappa shape index (κ1) is 21.3. The predicted molar refractivity (Wildman–Crippen MR) is 102 cm³/mol. The maximum absolute atomic E-state index is 14.8. The molecule has 0 saturated carbocycles. The summed E-state index contributed by atoms with van der Waals surface area (Å²) in [7, 11) is -3.50. The minimum absolute atomic E-state index is 0.0727. The molecule has 2 amide bonds. The van der Waals surface area contributed by atoms with Crippen molar-refractivity contribution in [3.05, 3.63) is 24.0 Å². The van der Waals surface area contributed by atoms with Crippen LogP contribution >= 0.6 is 0 Å². The maximum atomic E-state index is 14.8. The van der Waals surface area contributed by atoms with Gasteiger partial charge in [-0.15, -0.1) is 0 Å². The van der Waals surface area contributed by atoms with E-state index in [1.807, 2.05) is 0 Å². The molecule has 10 nitrogen and oxygen atoms in total. The minimum Gasteiger partial charge on any atom is -0.442 e. The Balaban J connectivity index is 1.69. The molecular formula is C17H23FN4O6S. The van der Waals surface area contributed by atoms with E-state index in [4.69, 9.17) is 9.57 Å². The summed E-state index contributed by atoms with van der Waals surface area (Å²) in [6.45, 7) is 2.48. The third-order valence-corrected chi connectivity index (χ3v) is 5.58. The molecule has 0 radical (unpaired) electrons. The van der Waals surface area contributed by atoms with E-state index in [0.717, 1.165) is 10.7 Å². The first-order valence-electron chi connectivity index (χ1n) is 9.03. The highest BCUT2D eigenvalue weighted by Crippen LogP contribution is 2.28. The van der Waals surface area contributed by atoms with E-state index in [0.29, 0.717) is 12.2 Å². The van der Waals surface area contributed by atoms with E-state index >= 15 is 0 Å². The molecule has 0 unspecified atom stereocenters. The predicted octanol–water partition coefficient (Wildman–Crippen LogP) is 0.300. The van der Waals surface area contributed by atoms with Gasteiger partial charge in [-0.25, -0.2) is 17.6 Å². The fraction of sp³-hybridized carbons (Fsp3) is 0.529. The molecule has 2 fully saturated rings. The van der Waals surface area contributed by atoms with E-state index in [9.17, 15) is 22.4 Å². The highest BCUT2D eigenvalue weighted by molar-refractivity contribution is 7.88. The number of hydroxylamine groups is 1. The van der Waals surface area contributed by atoms with Crippen LogP contribution in [0.15, 0.2) is 18.2 Å². The van der Waals surface area contributed by atoms with E-state index < -0.39 is 28.0 Å². The second-order valence-electron chi connectivity index (χ2n) is 6.80. The second-order valence-corrected chi connectivity index (χ2v) is 8.67. The van der Waals surface area contributed by atoms with E-state index in [1.54, 1.807) is 11.0 Å². The Hall–Kier alpha value is -2.44. The SMILES string of the molecule is CC(=O)NC[C@H]1CN(c2ccc(N3CCON(S(C)(=O)=O)CC3)c(F)c2)C(=O)O1. The normalized spacial score (nSPS) is 21.1. The standard InChI is InChI=1S/C17H23FN4O6S/c1-12(23)19-10-14-11-21(17(24)28-14)13-3-4-16(15(18)9-13)20-5-6-22(27-8-7-20)29(2,25)26/h3-4,9,14H,5-8,10-11H2,1-2H3,(H,19,23)/t14-/m0/s1. The zero-order valence-electron chi connectivity index (χ0n) is 16.1. The Bertz CT molecular complexity index is 896. The summed E-state index contributed by atoms with van der Waals surface area (Å²) in [5.41, 5.74) is 0.625. The van der Waals surface area contributed by atoms with Crippen molar-refractivity contribution < 1.29 is 32.0 Å². The number of nitrogens with one attached hydrogen (secondary N) is 1. The van der Waals surface area contributed by atoms with Crippen LogP contribution in [-0.4, -0.2) is 76.6 Å². The van der Waals surface area contributed by atoms with Crippen molar-refractivity contribution in [3.8, 4) is 0 Å². The molecule has 29 heavy (non-hydrogen) atoms. The Morgan fingerprint density at radius 1 is 1.31 bits per heavy atom. The van der Waals surface area contributed by atoms with Gasteiger partial charge < -0.3 is 15.0 Å². The first-order valence-corrected chi connectivity index (χ1v) is 10.9. The van der Waals surface area contributed by atoms with Crippen molar-refractivity contribution in [1.29, 1.82) is 0 Å². The van der Waals surface area contributed by atoms with Crippen LogP contribution in [0.4, 0.5) is 20.6 Å². The van der Waals surface area contributed by atoms with Gasteiger partial charge in [0.2, 0.25) is 15.9 Å². The highest BCUT2D eigenvalue weighted by Gasteiger charge is 2.33. The lowest BCUT2D eigenvalue weighted by Crippen LogP contribution is -2.34. The zero-order valence-corrected chi connectivity index (χ0v) is 16.9. The summed E-state index contributed by atoms with van der Waals surface area (Å²) in [6.07, 6.45) is -0.0786. The number of hydrogen-bond donors (Lipinski definition) is 1. The van der Waals surface area contributed by atoms with Crippen LogP contribution < -0.4 is 15.1 Å². The Labute approximate surface area is 168 Å². The lowest BCUT2D eigenvalue weighted by atomic mass is 10.2. The molecule has 0 aliphatic carbocycles. The van der Waals surface area contributed by atoms with Crippen LogP contribution in [0.3, 0.4) is 0 Å². The average molecular weight is 430 g/mol. The van der Waals surface area contributed by atoms with E-state index in [1.165, 1.54) is 24.0 Å². The molecule has 0 aromatic heterocycles. The Morgan fingerprint density at radius 3 is 2.72 bits per heavy atom. The van der Waals surface area contributed by atoms with Crippen molar-refractivity contribution in [2.45, 2.75) is 13.0 Å². The molecular weight excluding hydrogens is 407 g/mol. The van der Waals surface area contributed by atoms with Gasteiger partial charge in [0.05, 0.1) is 43.9 Å². The van der Waals surface area contributed by atoms with Gasteiger partial charge in [-0.3, -0.25) is 14.5 Å². The summed E-state index contributed by atoms with van der Waals surface area (Å²) < 4.78 is 44.1. The molecule has 1 aromatic carbocycles. The van der Waals surface area contributed by atoms with E-state index in [2.05, 4.69) is 5.32 Å². The number of carbonyl (C=O) groups is 2. The molecule has 12 heteroatoms. The van der Waals surface area contributed by atoms with Gasteiger partial charge >= 0.3 is 6.09 Å². The smallest absolute Gasteiger partial charge is 0.414 e. The van der Waals surface area contributed by atoms with Gasteiger partial charge in [-0.05, 0) is 18.2 Å². The van der Waals surface area contributed by atoms with Crippen LogP contribution in [0.25, 0.3) is 0 Å². The Morgan fingerprint density at radius 2 is 2.07 bits per heavy atom. The van der Waals surface area contributed by atoms with Crippen molar-refractivity contribution in [3.63, 3.8) is 0 Å². The quantitative estimate of drug-likeness (QED) is 0.716. The van der Waals surface area contributed by atoms with E-state index in [-0.39, 0.29) is 44.4 Å². The van der Waals surface area contributed by atoms with Gasteiger partial charge in [-0.2, -0.15) is 0 Å². The number of benzene rings is 1. The van der Waals surface area contributed by atoms with Crippen molar-refractivity contribution >= 4 is 33.4 Å². The number of ether oxygens (including phenoxy) is 1. The summed E-state index contributed by atoms with van der Waals surface area (Å²) in [4.78, 5) is 31.3. The number of rotatable bonds is 5. The number of anilines is 2. The van der Waals surface area contributed by atoms with Crippen LogP contribution in [0.5, 0.6) is 0 Å². The second kappa shape index (κ2) is 8.51. The number of hydrogen-bond acceptors (Lipinski definition) is 7. The summed E-state index contributed by atoms with van der Waals surface area (Å²) in [6, 6.07) is 4.37. The number of cyclic esters (lactones) is 1. The molecule has 0 bridgehead atoms. The van der Waals surface area contributed by atoms with Gasteiger partial charge in [0.1, 0.15) is 11.9 Å². The third-order valence-electron chi connectivity index (χ3n) is 4.56. The van der Waals surface area contributed by atoms with Gasteiger partial charge in [0, 0.05) is 20.0 Å². The molecule has 160 valence electrons. The van der Waals surface area contributed by atoms with Gasteiger partial charge in [-0.1, -0.05) is 4.47 Å². The van der Waals surface area contributed by atoms with Crippen LogP contribution in [0.1, 0.15) is 6.92 Å². The van der Waals surface area contributed by atoms with Crippen molar-refractivity contribution in [2.24, 2.45) is 0 Å². The van der Waals surface area contributed by atoms with Crippen LogP contribution in [-0.2, 0) is 24.4 Å². The average Bonchev–Trinajstić information content (AvgIpc) is 2.84. The van der Waals surface area contributed by atoms with Crippen molar-refractivity contribution in [1.82, 2.24) is 9.79 Å². The van der Waals surface area contributed by atoms with Crippen LogP contribution in [0.2, 0.25) is 0 Å². The first-order chi connectivity index (χ1) is 13.6. The molecule has 1 N–H and O–H groups in total. The lowest BCUT2D eigenvalue weighted by molar-refractivity contribution is -0.119. The number of carbonyl (C=O) groups excluding carboxylic acids is 2. The molecule has 2 saturated heterocycles. The van der Waals surface area contributed by atoms with Gasteiger partial charge in [0.25, 0.3) is 0 Å². The Kier molecular flexibility index (Phi) is 6.24. The zero-order chi connectivity index (χ0) is 21.2. The maximum Gasteiger partial charge on any atom is 0.414 e. The molecule has 2 aliphatic rings. The molecule has 2 aliphatic heterocycles. The minimum atomic E-state index is -3.50. The molecule has 2 heterocycles. The summed E-state index contributed by atoms with van der Waals surface area (Å²) in [5, 5.41) is 2.58. The van der Waals surface area contributed by atoms with Crippen LogP contribution in [0, 0.1) is 5.82 Å². The molecule has 3 rings (SSSR count). The highest BCUT2D eigenvalue weighted by atomic mass is 32.2. The third kappa shape index (κ3) is 5.14. The molecule has 1 atom stereocenters. The summed E-state index contributed by atoms with van der Waals surface area (Å²) >= 11 is 0. The van der Waals surface area contributed by atoms with Crippen molar-refractivity contribution in [2.75, 3.05) is 55.4 Å².